The molecule has 1 aromatic heterocycles. The molecule has 0 bridgehead atoms. The van der Waals surface area contributed by atoms with Gasteiger partial charge in [-0.05, 0) is 48.5 Å². The molecule has 156 valence electrons. The predicted molar refractivity (Wildman–Crippen MR) is 111 cm³/mol. The minimum Gasteiger partial charge on any atom is -0.485 e. The molecular formula is C23H18FN3O4. The van der Waals surface area contributed by atoms with Crippen LogP contribution in [0.3, 0.4) is 0 Å². The van der Waals surface area contributed by atoms with E-state index in [4.69, 9.17) is 14.0 Å². The van der Waals surface area contributed by atoms with Gasteiger partial charge in [0.1, 0.15) is 17.3 Å². The van der Waals surface area contributed by atoms with Gasteiger partial charge in [0.25, 0.3) is 5.91 Å². The first-order valence-corrected chi connectivity index (χ1v) is 9.43. The first kappa shape index (κ1) is 20.1. The molecule has 0 aliphatic rings. The number of hydrogen-bond donors (Lipinski definition) is 1. The summed E-state index contributed by atoms with van der Waals surface area (Å²) in [5.41, 5.74) is 0.896. The van der Waals surface area contributed by atoms with E-state index in [0.29, 0.717) is 40.2 Å². The summed E-state index contributed by atoms with van der Waals surface area (Å²) in [7, 11) is 0. The van der Waals surface area contributed by atoms with Crippen LogP contribution in [0.15, 0.2) is 77.3 Å². The highest BCUT2D eigenvalue weighted by molar-refractivity contribution is 6.05. The number of rotatable bonds is 7. The maximum absolute atomic E-state index is 13.4. The number of anilines is 1. The standard InChI is InChI=1S/C23H18FN3O4/c1-15-25-22(27-31-15)14-29-18-11-9-16(10-12-18)23(28)26-20-7-2-3-8-21(20)30-19-6-4-5-17(24)13-19/h2-13H,14H2,1H3,(H,26,28). The Kier molecular flexibility index (Phi) is 5.89. The second kappa shape index (κ2) is 9.08. The monoisotopic (exact) mass is 419 g/mol. The van der Waals surface area contributed by atoms with Crippen molar-refractivity contribution >= 4 is 11.6 Å². The number of halogens is 1. The summed E-state index contributed by atoms with van der Waals surface area (Å²) in [4.78, 5) is 16.7. The lowest BCUT2D eigenvalue weighted by molar-refractivity contribution is 0.102. The quantitative estimate of drug-likeness (QED) is 0.446. The van der Waals surface area contributed by atoms with Gasteiger partial charge in [-0.25, -0.2) is 4.39 Å². The van der Waals surface area contributed by atoms with Crippen LogP contribution in [0.5, 0.6) is 17.2 Å². The first-order valence-electron chi connectivity index (χ1n) is 9.43. The van der Waals surface area contributed by atoms with Crippen molar-refractivity contribution in [3.8, 4) is 17.2 Å². The summed E-state index contributed by atoms with van der Waals surface area (Å²) in [5, 5.41) is 6.57. The molecule has 1 N–H and O–H groups in total. The zero-order chi connectivity index (χ0) is 21.6. The van der Waals surface area contributed by atoms with E-state index in [1.807, 2.05) is 0 Å². The molecule has 3 aromatic carbocycles. The molecule has 0 radical (unpaired) electrons. The molecule has 0 aliphatic heterocycles. The topological polar surface area (TPSA) is 86.5 Å². The Morgan fingerprint density at radius 2 is 1.84 bits per heavy atom. The van der Waals surface area contributed by atoms with Crippen LogP contribution >= 0.6 is 0 Å². The SMILES string of the molecule is Cc1nc(COc2ccc(C(=O)Nc3ccccc3Oc3cccc(F)c3)cc2)no1. The van der Waals surface area contributed by atoms with E-state index in [1.165, 1.54) is 12.1 Å². The molecule has 0 saturated heterocycles. The third-order valence-corrected chi connectivity index (χ3v) is 4.21. The minimum atomic E-state index is -0.407. The lowest BCUT2D eigenvalue weighted by Crippen LogP contribution is -2.12. The molecule has 31 heavy (non-hydrogen) atoms. The van der Waals surface area contributed by atoms with Gasteiger partial charge in [0.2, 0.25) is 11.7 Å². The molecule has 0 saturated carbocycles. The lowest BCUT2D eigenvalue weighted by Gasteiger charge is -2.12. The fourth-order valence-electron chi connectivity index (χ4n) is 2.76. The largest absolute Gasteiger partial charge is 0.485 e. The summed E-state index contributed by atoms with van der Waals surface area (Å²) in [6.45, 7) is 1.86. The third-order valence-electron chi connectivity index (χ3n) is 4.21. The highest BCUT2D eigenvalue weighted by Gasteiger charge is 2.11. The van der Waals surface area contributed by atoms with Crippen molar-refractivity contribution in [1.82, 2.24) is 10.1 Å². The fourth-order valence-corrected chi connectivity index (χ4v) is 2.76. The zero-order valence-corrected chi connectivity index (χ0v) is 16.5. The number of amides is 1. The van der Waals surface area contributed by atoms with E-state index in [1.54, 1.807) is 67.6 Å². The predicted octanol–water partition coefficient (Wildman–Crippen LogP) is 5.14. The average molecular weight is 419 g/mol. The lowest BCUT2D eigenvalue weighted by atomic mass is 10.2. The summed E-state index contributed by atoms with van der Waals surface area (Å²) < 4.78 is 29.6. The molecule has 0 unspecified atom stereocenters. The van der Waals surface area contributed by atoms with Crippen LogP contribution in [0.2, 0.25) is 0 Å². The van der Waals surface area contributed by atoms with E-state index < -0.39 is 5.82 Å². The molecule has 4 aromatic rings. The number of aromatic nitrogens is 2. The van der Waals surface area contributed by atoms with Gasteiger partial charge in [0.05, 0.1) is 5.69 Å². The molecule has 4 rings (SSSR count). The number of para-hydroxylation sites is 2. The van der Waals surface area contributed by atoms with Crippen LogP contribution < -0.4 is 14.8 Å². The van der Waals surface area contributed by atoms with Crippen LogP contribution in [-0.2, 0) is 6.61 Å². The Labute approximate surface area is 177 Å². The molecule has 0 atom stereocenters. The van der Waals surface area contributed by atoms with Crippen molar-refractivity contribution in [2.24, 2.45) is 0 Å². The van der Waals surface area contributed by atoms with Gasteiger partial charge >= 0.3 is 0 Å². The summed E-state index contributed by atoms with van der Waals surface area (Å²) in [6.07, 6.45) is 0. The highest BCUT2D eigenvalue weighted by Crippen LogP contribution is 2.30. The summed E-state index contributed by atoms with van der Waals surface area (Å²) in [5.74, 6) is 1.47. The second-order valence-corrected chi connectivity index (χ2v) is 6.55. The number of carbonyl (C=O) groups excluding carboxylic acids is 1. The van der Waals surface area contributed by atoms with Gasteiger partial charge in [0.15, 0.2) is 12.4 Å². The van der Waals surface area contributed by atoms with E-state index >= 15 is 0 Å². The third kappa shape index (κ3) is 5.24. The van der Waals surface area contributed by atoms with Crippen LogP contribution in [0, 0.1) is 12.7 Å². The van der Waals surface area contributed by atoms with Crippen LogP contribution in [-0.4, -0.2) is 16.0 Å². The molecular weight excluding hydrogens is 401 g/mol. The highest BCUT2D eigenvalue weighted by atomic mass is 19.1. The van der Waals surface area contributed by atoms with Gasteiger partial charge in [-0.1, -0.05) is 23.4 Å². The second-order valence-electron chi connectivity index (χ2n) is 6.55. The van der Waals surface area contributed by atoms with Crippen molar-refractivity contribution < 1.29 is 23.2 Å². The van der Waals surface area contributed by atoms with E-state index in [-0.39, 0.29) is 12.5 Å². The first-order chi connectivity index (χ1) is 15.1. The van der Waals surface area contributed by atoms with Crippen LogP contribution in [0.25, 0.3) is 0 Å². The Morgan fingerprint density at radius 1 is 1.03 bits per heavy atom. The van der Waals surface area contributed by atoms with Crippen molar-refractivity contribution in [2.75, 3.05) is 5.32 Å². The molecule has 8 heteroatoms. The van der Waals surface area contributed by atoms with E-state index in [2.05, 4.69) is 15.5 Å². The van der Waals surface area contributed by atoms with Crippen molar-refractivity contribution in [3.63, 3.8) is 0 Å². The molecule has 1 heterocycles. The zero-order valence-electron chi connectivity index (χ0n) is 16.5. The smallest absolute Gasteiger partial charge is 0.255 e. The molecule has 0 aliphatic carbocycles. The van der Waals surface area contributed by atoms with Crippen molar-refractivity contribution in [3.05, 3.63) is 95.9 Å². The van der Waals surface area contributed by atoms with Gasteiger partial charge < -0.3 is 19.3 Å². The number of carbonyl (C=O) groups is 1. The average Bonchev–Trinajstić information content (AvgIpc) is 3.19. The van der Waals surface area contributed by atoms with Crippen LogP contribution in [0.1, 0.15) is 22.1 Å². The van der Waals surface area contributed by atoms with E-state index in [0.717, 1.165) is 0 Å². The number of benzene rings is 3. The Hall–Kier alpha value is -4.20. The molecule has 0 fully saturated rings. The van der Waals surface area contributed by atoms with Gasteiger partial charge in [-0.15, -0.1) is 0 Å². The van der Waals surface area contributed by atoms with Gasteiger partial charge in [-0.3, -0.25) is 4.79 Å². The summed E-state index contributed by atoms with van der Waals surface area (Å²) >= 11 is 0. The maximum Gasteiger partial charge on any atom is 0.255 e. The normalized spacial score (nSPS) is 10.5. The number of ether oxygens (including phenoxy) is 2. The summed E-state index contributed by atoms with van der Waals surface area (Å²) in [6, 6.07) is 19.4. The molecule has 1 amide bonds. The Bertz CT molecular complexity index is 1190. The van der Waals surface area contributed by atoms with Crippen molar-refractivity contribution in [1.29, 1.82) is 0 Å². The van der Waals surface area contributed by atoms with Crippen LogP contribution in [0.4, 0.5) is 10.1 Å². The number of aryl methyl sites for hydroxylation is 1. The number of hydrogen-bond acceptors (Lipinski definition) is 6. The fraction of sp³-hybridized carbons (Fsp3) is 0.0870. The van der Waals surface area contributed by atoms with Gasteiger partial charge in [-0.2, -0.15) is 4.98 Å². The minimum absolute atomic E-state index is 0.160. The Morgan fingerprint density at radius 3 is 2.58 bits per heavy atom. The van der Waals surface area contributed by atoms with Crippen molar-refractivity contribution in [2.45, 2.75) is 13.5 Å². The molecule has 0 spiro atoms. The van der Waals surface area contributed by atoms with Gasteiger partial charge in [0, 0.05) is 18.6 Å². The molecule has 7 nitrogen and oxygen atoms in total. The maximum atomic E-state index is 13.4. The van der Waals surface area contributed by atoms with E-state index in [9.17, 15) is 9.18 Å². The number of nitrogens with one attached hydrogen (secondary N) is 1. The number of nitrogens with zero attached hydrogens (tertiary/aromatic N) is 2. The Balaban J connectivity index is 1.41.